The lowest BCUT2D eigenvalue weighted by molar-refractivity contribution is 0.384. The largest absolute Gasteiger partial charge is 0.494 e. The molecule has 0 saturated carbocycles. The SMILES string of the molecule is CCNC(CCc1cccs1)c1ccc(F)c(OC)c1. The molecular weight excluding hydrogens is 273 g/mol. The zero-order valence-corrected chi connectivity index (χ0v) is 12.7. The zero-order chi connectivity index (χ0) is 14.4. The van der Waals surface area contributed by atoms with Crippen LogP contribution in [0.5, 0.6) is 5.75 Å². The van der Waals surface area contributed by atoms with Crippen LogP contribution in [0.25, 0.3) is 0 Å². The summed E-state index contributed by atoms with van der Waals surface area (Å²) in [5.74, 6) is -0.00807. The summed E-state index contributed by atoms with van der Waals surface area (Å²) in [6.07, 6.45) is 2.01. The van der Waals surface area contributed by atoms with Gasteiger partial charge < -0.3 is 10.1 Å². The minimum absolute atomic E-state index is 0.219. The standard InChI is InChI=1S/C16H20FNOS/c1-3-18-15(9-7-13-5-4-10-20-13)12-6-8-14(17)16(11-12)19-2/h4-6,8,10-11,15,18H,3,7,9H2,1-2H3. The molecule has 0 aliphatic heterocycles. The second-order valence-corrected chi connectivity index (χ2v) is 5.65. The molecule has 1 heterocycles. The van der Waals surface area contributed by atoms with Crippen molar-refractivity contribution in [2.45, 2.75) is 25.8 Å². The minimum Gasteiger partial charge on any atom is -0.494 e. The first-order valence-electron chi connectivity index (χ1n) is 6.83. The van der Waals surface area contributed by atoms with Crippen molar-refractivity contribution < 1.29 is 9.13 Å². The van der Waals surface area contributed by atoms with Crippen LogP contribution in [-0.2, 0) is 6.42 Å². The summed E-state index contributed by atoms with van der Waals surface area (Å²) in [7, 11) is 1.50. The highest BCUT2D eigenvalue weighted by Crippen LogP contribution is 2.26. The van der Waals surface area contributed by atoms with Crippen LogP contribution in [0, 0.1) is 5.82 Å². The molecule has 0 bridgehead atoms. The average molecular weight is 293 g/mol. The number of thiophene rings is 1. The van der Waals surface area contributed by atoms with E-state index in [1.165, 1.54) is 18.1 Å². The summed E-state index contributed by atoms with van der Waals surface area (Å²) in [6, 6.07) is 9.54. The fourth-order valence-corrected chi connectivity index (χ4v) is 2.99. The van der Waals surface area contributed by atoms with Gasteiger partial charge in [0, 0.05) is 10.9 Å². The Balaban J connectivity index is 2.10. The van der Waals surface area contributed by atoms with Crippen LogP contribution in [0.4, 0.5) is 4.39 Å². The molecule has 1 atom stereocenters. The smallest absolute Gasteiger partial charge is 0.165 e. The van der Waals surface area contributed by atoms with Gasteiger partial charge in [-0.3, -0.25) is 0 Å². The molecule has 1 aromatic heterocycles. The molecule has 108 valence electrons. The van der Waals surface area contributed by atoms with Gasteiger partial charge in [0.1, 0.15) is 0 Å². The van der Waals surface area contributed by atoms with E-state index in [2.05, 4.69) is 29.8 Å². The number of nitrogens with one attached hydrogen (secondary N) is 1. The van der Waals surface area contributed by atoms with Gasteiger partial charge in [0.05, 0.1) is 7.11 Å². The number of benzene rings is 1. The number of halogens is 1. The number of ether oxygens (including phenoxy) is 1. The van der Waals surface area contributed by atoms with Gasteiger partial charge in [-0.05, 0) is 48.5 Å². The highest BCUT2D eigenvalue weighted by molar-refractivity contribution is 7.09. The van der Waals surface area contributed by atoms with Gasteiger partial charge in [0.15, 0.2) is 11.6 Å². The van der Waals surface area contributed by atoms with Crippen molar-refractivity contribution in [3.05, 3.63) is 52.0 Å². The maximum absolute atomic E-state index is 13.5. The number of hydrogen-bond donors (Lipinski definition) is 1. The Labute approximate surface area is 123 Å². The third-order valence-corrected chi connectivity index (χ3v) is 4.22. The first-order chi connectivity index (χ1) is 9.74. The number of aryl methyl sites for hydroxylation is 1. The summed E-state index contributed by atoms with van der Waals surface area (Å²) < 4.78 is 18.5. The second-order valence-electron chi connectivity index (χ2n) is 4.62. The van der Waals surface area contributed by atoms with E-state index in [-0.39, 0.29) is 11.9 Å². The molecule has 2 nitrogen and oxygen atoms in total. The van der Waals surface area contributed by atoms with E-state index in [0.717, 1.165) is 24.9 Å². The average Bonchev–Trinajstić information content (AvgIpc) is 2.97. The number of hydrogen-bond acceptors (Lipinski definition) is 3. The predicted octanol–water partition coefficient (Wildman–Crippen LogP) is 4.18. The topological polar surface area (TPSA) is 21.3 Å². The molecule has 0 amide bonds. The molecule has 0 aliphatic rings. The van der Waals surface area contributed by atoms with Crippen LogP contribution in [0.2, 0.25) is 0 Å². The first kappa shape index (κ1) is 15.0. The summed E-state index contributed by atoms with van der Waals surface area (Å²) >= 11 is 1.78. The number of rotatable bonds is 7. The van der Waals surface area contributed by atoms with Gasteiger partial charge in [-0.1, -0.05) is 19.1 Å². The summed E-state index contributed by atoms with van der Waals surface area (Å²) in [6.45, 7) is 2.97. The Kier molecular flexibility index (Phi) is 5.56. The molecule has 0 saturated heterocycles. The van der Waals surface area contributed by atoms with Crippen LogP contribution in [0.15, 0.2) is 35.7 Å². The zero-order valence-electron chi connectivity index (χ0n) is 11.9. The molecule has 0 aliphatic carbocycles. The van der Waals surface area contributed by atoms with E-state index in [4.69, 9.17) is 4.74 Å². The summed E-state index contributed by atoms with van der Waals surface area (Å²) in [4.78, 5) is 1.38. The van der Waals surface area contributed by atoms with Crippen LogP contribution >= 0.6 is 11.3 Å². The molecule has 1 aromatic carbocycles. The highest BCUT2D eigenvalue weighted by atomic mass is 32.1. The lowest BCUT2D eigenvalue weighted by Crippen LogP contribution is -2.21. The first-order valence-corrected chi connectivity index (χ1v) is 7.71. The molecule has 2 aromatic rings. The Bertz CT molecular complexity index is 527. The fourth-order valence-electron chi connectivity index (χ4n) is 2.27. The Morgan fingerprint density at radius 3 is 2.85 bits per heavy atom. The Morgan fingerprint density at radius 1 is 1.35 bits per heavy atom. The van der Waals surface area contributed by atoms with E-state index < -0.39 is 0 Å². The molecule has 4 heteroatoms. The summed E-state index contributed by atoms with van der Waals surface area (Å²) in [5.41, 5.74) is 1.07. The third kappa shape index (κ3) is 3.81. The monoisotopic (exact) mass is 293 g/mol. The van der Waals surface area contributed by atoms with Crippen molar-refractivity contribution >= 4 is 11.3 Å². The van der Waals surface area contributed by atoms with Crippen molar-refractivity contribution in [3.8, 4) is 5.75 Å². The quantitative estimate of drug-likeness (QED) is 0.827. The van der Waals surface area contributed by atoms with Gasteiger partial charge in [0.25, 0.3) is 0 Å². The molecule has 2 rings (SSSR count). The molecular formula is C16H20FNOS. The predicted molar refractivity (Wildman–Crippen MR) is 82.0 cm³/mol. The van der Waals surface area contributed by atoms with Crippen molar-refractivity contribution in [3.63, 3.8) is 0 Å². The van der Waals surface area contributed by atoms with Crippen LogP contribution in [0.3, 0.4) is 0 Å². The lowest BCUT2D eigenvalue weighted by atomic mass is 10.0. The van der Waals surface area contributed by atoms with E-state index in [9.17, 15) is 4.39 Å². The van der Waals surface area contributed by atoms with Crippen molar-refractivity contribution in [1.29, 1.82) is 0 Å². The van der Waals surface area contributed by atoms with Crippen molar-refractivity contribution in [2.75, 3.05) is 13.7 Å². The highest BCUT2D eigenvalue weighted by Gasteiger charge is 2.13. The molecule has 0 radical (unpaired) electrons. The third-order valence-electron chi connectivity index (χ3n) is 3.29. The maximum Gasteiger partial charge on any atom is 0.165 e. The molecule has 20 heavy (non-hydrogen) atoms. The van der Waals surface area contributed by atoms with Gasteiger partial charge in [-0.2, -0.15) is 0 Å². The number of methoxy groups -OCH3 is 1. The molecule has 0 fully saturated rings. The van der Waals surface area contributed by atoms with E-state index in [1.54, 1.807) is 17.4 Å². The van der Waals surface area contributed by atoms with Gasteiger partial charge in [0.2, 0.25) is 0 Å². The normalized spacial score (nSPS) is 12.3. The van der Waals surface area contributed by atoms with Crippen LogP contribution in [0.1, 0.15) is 29.8 Å². The second kappa shape index (κ2) is 7.41. The van der Waals surface area contributed by atoms with E-state index in [0.29, 0.717) is 5.75 Å². The summed E-state index contributed by atoms with van der Waals surface area (Å²) in [5, 5.41) is 5.55. The van der Waals surface area contributed by atoms with E-state index >= 15 is 0 Å². The molecule has 0 spiro atoms. The van der Waals surface area contributed by atoms with Crippen molar-refractivity contribution in [1.82, 2.24) is 5.32 Å². The van der Waals surface area contributed by atoms with Gasteiger partial charge in [-0.25, -0.2) is 4.39 Å². The van der Waals surface area contributed by atoms with E-state index in [1.807, 2.05) is 6.07 Å². The van der Waals surface area contributed by atoms with Gasteiger partial charge >= 0.3 is 0 Å². The lowest BCUT2D eigenvalue weighted by Gasteiger charge is -2.19. The fraction of sp³-hybridized carbons (Fsp3) is 0.375. The van der Waals surface area contributed by atoms with Gasteiger partial charge in [-0.15, -0.1) is 11.3 Å². The van der Waals surface area contributed by atoms with Crippen molar-refractivity contribution in [2.24, 2.45) is 0 Å². The maximum atomic E-state index is 13.5. The molecule has 1 N–H and O–H groups in total. The van der Waals surface area contributed by atoms with Crippen LogP contribution < -0.4 is 10.1 Å². The van der Waals surface area contributed by atoms with Crippen LogP contribution in [-0.4, -0.2) is 13.7 Å². The molecule has 1 unspecified atom stereocenters. The minimum atomic E-state index is -0.315. The Morgan fingerprint density at radius 2 is 2.20 bits per heavy atom. The Hall–Kier alpha value is -1.39.